The number of primary amides is 1. The second-order valence-corrected chi connectivity index (χ2v) is 7.24. The summed E-state index contributed by atoms with van der Waals surface area (Å²) in [7, 11) is 0. The average Bonchev–Trinajstić information content (AvgIpc) is 3.42. The largest absolute Gasteiger partial charge is 0.457 e. The SMILES string of the molecule is NC(=O)c1cc(NC2CCNC2=O)nc(-c2ccc(Oc3ccc4c(c3)OCO4)cc2)n1. The van der Waals surface area contributed by atoms with E-state index in [1.807, 2.05) is 0 Å². The van der Waals surface area contributed by atoms with E-state index < -0.39 is 11.9 Å². The Morgan fingerprint density at radius 1 is 1.06 bits per heavy atom. The van der Waals surface area contributed by atoms with Crippen LogP contribution in [0.15, 0.2) is 48.5 Å². The van der Waals surface area contributed by atoms with Gasteiger partial charge in [0.1, 0.15) is 29.1 Å². The molecule has 1 fully saturated rings. The van der Waals surface area contributed by atoms with Crippen LogP contribution in [0.1, 0.15) is 16.9 Å². The summed E-state index contributed by atoms with van der Waals surface area (Å²) in [4.78, 5) is 32.3. The molecule has 2 aromatic carbocycles. The van der Waals surface area contributed by atoms with Gasteiger partial charge in [-0.25, -0.2) is 9.97 Å². The smallest absolute Gasteiger partial charge is 0.267 e. The lowest BCUT2D eigenvalue weighted by Crippen LogP contribution is -2.30. The van der Waals surface area contributed by atoms with Crippen molar-refractivity contribution in [2.24, 2.45) is 5.73 Å². The highest BCUT2D eigenvalue weighted by molar-refractivity contribution is 5.92. The molecule has 32 heavy (non-hydrogen) atoms. The number of carbonyl (C=O) groups is 2. The van der Waals surface area contributed by atoms with Crippen molar-refractivity contribution >= 4 is 17.6 Å². The Balaban J connectivity index is 1.37. The number of aromatic nitrogens is 2. The molecule has 0 spiro atoms. The molecule has 162 valence electrons. The van der Waals surface area contributed by atoms with Crippen LogP contribution in [0, 0.1) is 0 Å². The third kappa shape index (κ3) is 3.97. The summed E-state index contributed by atoms with van der Waals surface area (Å²) in [5.41, 5.74) is 6.15. The first-order valence-electron chi connectivity index (χ1n) is 9.96. The van der Waals surface area contributed by atoms with Gasteiger partial charge in [0.05, 0.1) is 0 Å². The maximum absolute atomic E-state index is 11.9. The van der Waals surface area contributed by atoms with Crippen molar-refractivity contribution < 1.29 is 23.8 Å². The summed E-state index contributed by atoms with van der Waals surface area (Å²) in [6.07, 6.45) is 0.621. The summed E-state index contributed by atoms with van der Waals surface area (Å²) in [5, 5.41) is 5.79. The summed E-state index contributed by atoms with van der Waals surface area (Å²) < 4.78 is 16.5. The van der Waals surface area contributed by atoms with Gasteiger partial charge in [0.25, 0.3) is 5.91 Å². The molecule has 3 aromatic rings. The van der Waals surface area contributed by atoms with Crippen molar-refractivity contribution in [2.75, 3.05) is 18.7 Å². The van der Waals surface area contributed by atoms with E-state index in [2.05, 4.69) is 20.6 Å². The molecule has 0 saturated carbocycles. The number of nitrogens with one attached hydrogen (secondary N) is 2. The second-order valence-electron chi connectivity index (χ2n) is 7.24. The third-order valence-corrected chi connectivity index (χ3v) is 5.04. The van der Waals surface area contributed by atoms with Gasteiger partial charge >= 0.3 is 0 Å². The minimum atomic E-state index is -0.685. The van der Waals surface area contributed by atoms with Crippen LogP contribution < -0.4 is 30.6 Å². The Labute approximate surface area is 182 Å². The first-order chi connectivity index (χ1) is 15.5. The van der Waals surface area contributed by atoms with E-state index in [-0.39, 0.29) is 18.4 Å². The quantitative estimate of drug-likeness (QED) is 0.537. The molecule has 1 unspecified atom stereocenters. The van der Waals surface area contributed by atoms with E-state index in [4.69, 9.17) is 19.9 Å². The van der Waals surface area contributed by atoms with Crippen molar-refractivity contribution in [1.29, 1.82) is 0 Å². The summed E-state index contributed by atoms with van der Waals surface area (Å²) in [6.45, 7) is 0.780. The lowest BCUT2D eigenvalue weighted by atomic mass is 10.2. The zero-order valence-corrected chi connectivity index (χ0v) is 16.8. The Bertz CT molecular complexity index is 1200. The molecule has 10 heteroatoms. The van der Waals surface area contributed by atoms with Gasteiger partial charge in [-0.15, -0.1) is 0 Å². The van der Waals surface area contributed by atoms with Crippen LogP contribution in [-0.4, -0.2) is 41.2 Å². The number of rotatable bonds is 6. The van der Waals surface area contributed by atoms with Gasteiger partial charge in [0.2, 0.25) is 12.7 Å². The van der Waals surface area contributed by atoms with Crippen molar-refractivity contribution in [2.45, 2.75) is 12.5 Å². The standard InChI is InChI=1S/C22H19N5O5/c23-20(28)16-10-19(25-15-7-8-24-22(15)29)27-21(26-16)12-1-3-13(4-2-12)32-14-5-6-17-18(9-14)31-11-30-17/h1-6,9-10,15H,7-8,11H2,(H2,23,28)(H,24,29)(H,25,26,27). The van der Waals surface area contributed by atoms with Gasteiger partial charge < -0.3 is 30.6 Å². The number of hydrogen-bond donors (Lipinski definition) is 3. The lowest BCUT2D eigenvalue weighted by Gasteiger charge is -2.13. The molecule has 1 saturated heterocycles. The highest BCUT2D eigenvalue weighted by Gasteiger charge is 2.25. The molecule has 10 nitrogen and oxygen atoms in total. The molecular weight excluding hydrogens is 414 g/mol. The number of ether oxygens (including phenoxy) is 3. The van der Waals surface area contributed by atoms with Crippen LogP contribution >= 0.6 is 0 Å². The topological polar surface area (TPSA) is 138 Å². The van der Waals surface area contributed by atoms with Crippen LogP contribution in [0.25, 0.3) is 11.4 Å². The number of carbonyl (C=O) groups excluding carboxylic acids is 2. The molecular formula is C22H19N5O5. The number of fused-ring (bicyclic) bond motifs is 1. The Morgan fingerprint density at radius 3 is 2.59 bits per heavy atom. The van der Waals surface area contributed by atoms with Gasteiger partial charge in [-0.1, -0.05) is 0 Å². The molecule has 1 atom stereocenters. The van der Waals surface area contributed by atoms with E-state index in [9.17, 15) is 9.59 Å². The van der Waals surface area contributed by atoms with E-state index in [0.29, 0.717) is 53.2 Å². The maximum atomic E-state index is 11.9. The molecule has 2 aliphatic heterocycles. The Hall–Kier alpha value is -4.34. The highest BCUT2D eigenvalue weighted by Crippen LogP contribution is 2.36. The van der Waals surface area contributed by atoms with Crippen molar-refractivity contribution in [3.05, 3.63) is 54.2 Å². The molecule has 2 amide bonds. The third-order valence-electron chi connectivity index (χ3n) is 5.04. The summed E-state index contributed by atoms with van der Waals surface area (Å²) in [6, 6.07) is 13.4. The van der Waals surface area contributed by atoms with E-state index in [1.165, 1.54) is 6.07 Å². The van der Waals surface area contributed by atoms with Crippen molar-refractivity contribution in [1.82, 2.24) is 15.3 Å². The molecule has 0 radical (unpaired) electrons. The Morgan fingerprint density at radius 2 is 1.84 bits per heavy atom. The predicted molar refractivity (Wildman–Crippen MR) is 114 cm³/mol. The summed E-state index contributed by atoms with van der Waals surface area (Å²) >= 11 is 0. The predicted octanol–water partition coefficient (Wildman–Crippen LogP) is 2.06. The van der Waals surface area contributed by atoms with Gasteiger partial charge in [-0.3, -0.25) is 9.59 Å². The van der Waals surface area contributed by atoms with Crippen LogP contribution in [0.3, 0.4) is 0 Å². The van der Waals surface area contributed by atoms with Crippen molar-refractivity contribution in [3.63, 3.8) is 0 Å². The second kappa shape index (κ2) is 8.06. The first kappa shape index (κ1) is 19.6. The van der Waals surface area contributed by atoms with Crippen LogP contribution in [0.5, 0.6) is 23.0 Å². The number of hydrogen-bond acceptors (Lipinski definition) is 8. The number of nitrogens with zero attached hydrogens (tertiary/aromatic N) is 2. The lowest BCUT2D eigenvalue weighted by molar-refractivity contribution is -0.119. The average molecular weight is 433 g/mol. The first-order valence-corrected chi connectivity index (χ1v) is 9.96. The number of anilines is 1. The molecule has 4 N–H and O–H groups in total. The van der Waals surface area contributed by atoms with Crippen LogP contribution in [0.4, 0.5) is 5.82 Å². The van der Waals surface area contributed by atoms with E-state index >= 15 is 0 Å². The zero-order chi connectivity index (χ0) is 22.1. The molecule has 0 bridgehead atoms. The van der Waals surface area contributed by atoms with Gasteiger partial charge in [-0.2, -0.15) is 0 Å². The number of amides is 2. The molecule has 3 heterocycles. The van der Waals surface area contributed by atoms with Gasteiger partial charge in [0.15, 0.2) is 17.3 Å². The number of nitrogens with two attached hydrogens (primary N) is 1. The fraction of sp³-hybridized carbons (Fsp3) is 0.182. The highest BCUT2D eigenvalue weighted by atomic mass is 16.7. The fourth-order valence-corrected chi connectivity index (χ4v) is 3.44. The monoisotopic (exact) mass is 433 g/mol. The molecule has 2 aliphatic rings. The number of benzene rings is 2. The molecule has 1 aromatic heterocycles. The van der Waals surface area contributed by atoms with Crippen LogP contribution in [-0.2, 0) is 4.79 Å². The zero-order valence-electron chi connectivity index (χ0n) is 16.8. The van der Waals surface area contributed by atoms with E-state index in [0.717, 1.165) is 0 Å². The summed E-state index contributed by atoms with van der Waals surface area (Å²) in [5.74, 6) is 2.37. The van der Waals surface area contributed by atoms with Crippen LogP contribution in [0.2, 0.25) is 0 Å². The minimum absolute atomic E-state index is 0.0524. The van der Waals surface area contributed by atoms with Gasteiger partial charge in [0, 0.05) is 24.2 Å². The molecule has 0 aliphatic carbocycles. The molecule has 5 rings (SSSR count). The van der Waals surface area contributed by atoms with Crippen molar-refractivity contribution in [3.8, 4) is 34.4 Å². The maximum Gasteiger partial charge on any atom is 0.267 e. The minimum Gasteiger partial charge on any atom is -0.457 e. The Kier molecular flexibility index (Phi) is 4.94. The van der Waals surface area contributed by atoms with Gasteiger partial charge in [-0.05, 0) is 42.8 Å². The fourth-order valence-electron chi connectivity index (χ4n) is 3.44. The van der Waals surface area contributed by atoms with E-state index in [1.54, 1.807) is 42.5 Å². The normalized spacial score (nSPS) is 16.5.